The van der Waals surface area contributed by atoms with Crippen LogP contribution in [0.5, 0.6) is 0 Å². The third kappa shape index (κ3) is 2.37. The number of rotatable bonds is 4. The van der Waals surface area contributed by atoms with E-state index < -0.39 is 10.0 Å². The second-order valence-corrected chi connectivity index (χ2v) is 6.28. The Balaban J connectivity index is 2.39. The van der Waals surface area contributed by atoms with Crippen molar-refractivity contribution in [1.82, 2.24) is 4.72 Å². The van der Waals surface area contributed by atoms with E-state index in [1.165, 1.54) is 6.07 Å². The van der Waals surface area contributed by atoms with Crippen LogP contribution in [0.1, 0.15) is 19.8 Å². The first kappa shape index (κ1) is 12.2. The summed E-state index contributed by atoms with van der Waals surface area (Å²) in [7, 11) is -1.83. The number of nitrogens with one attached hydrogen (secondary N) is 2. The van der Waals surface area contributed by atoms with Gasteiger partial charge in [0.15, 0.2) is 0 Å². The van der Waals surface area contributed by atoms with E-state index >= 15 is 0 Å². The van der Waals surface area contributed by atoms with Crippen LogP contribution >= 0.6 is 0 Å². The topological polar surface area (TPSA) is 84.2 Å². The minimum Gasteiger partial charge on any atom is -0.396 e. The molecule has 0 heterocycles. The third-order valence-corrected chi connectivity index (χ3v) is 4.70. The van der Waals surface area contributed by atoms with E-state index in [0.29, 0.717) is 5.69 Å². The number of benzene rings is 1. The zero-order chi connectivity index (χ0) is 12.7. The Morgan fingerprint density at radius 1 is 1.35 bits per heavy atom. The van der Waals surface area contributed by atoms with Gasteiger partial charge in [0.05, 0.1) is 11.4 Å². The zero-order valence-electron chi connectivity index (χ0n) is 9.95. The highest BCUT2D eigenvalue weighted by Crippen LogP contribution is 2.37. The number of para-hydroxylation sites is 1. The lowest BCUT2D eigenvalue weighted by Gasteiger charge is -2.15. The molecule has 5 nitrogen and oxygen atoms in total. The van der Waals surface area contributed by atoms with E-state index in [1.807, 2.05) is 6.92 Å². The van der Waals surface area contributed by atoms with Crippen LogP contribution in [0.2, 0.25) is 0 Å². The van der Waals surface area contributed by atoms with Gasteiger partial charge in [0.2, 0.25) is 10.0 Å². The van der Waals surface area contributed by atoms with Crippen LogP contribution in [0, 0.1) is 0 Å². The highest BCUT2D eigenvalue weighted by Gasteiger charge is 2.41. The molecule has 1 aliphatic carbocycles. The Morgan fingerprint density at radius 2 is 2.00 bits per heavy atom. The first-order valence-electron chi connectivity index (χ1n) is 5.48. The third-order valence-electron chi connectivity index (χ3n) is 3.01. The van der Waals surface area contributed by atoms with Gasteiger partial charge < -0.3 is 11.1 Å². The van der Waals surface area contributed by atoms with E-state index in [2.05, 4.69) is 10.0 Å². The summed E-state index contributed by atoms with van der Waals surface area (Å²) < 4.78 is 27.0. The van der Waals surface area contributed by atoms with Gasteiger partial charge in [0.1, 0.15) is 4.90 Å². The molecule has 0 aromatic heterocycles. The fraction of sp³-hybridized carbons (Fsp3) is 0.455. The van der Waals surface area contributed by atoms with Crippen LogP contribution in [0.4, 0.5) is 11.4 Å². The van der Waals surface area contributed by atoms with Gasteiger partial charge in [-0.2, -0.15) is 0 Å². The maximum Gasteiger partial charge on any atom is 0.243 e. The van der Waals surface area contributed by atoms with Crippen molar-refractivity contribution in [3.8, 4) is 0 Å². The summed E-state index contributed by atoms with van der Waals surface area (Å²) in [5.41, 5.74) is 6.42. The van der Waals surface area contributed by atoms with Gasteiger partial charge in [-0.25, -0.2) is 13.1 Å². The van der Waals surface area contributed by atoms with Gasteiger partial charge in [-0.15, -0.1) is 0 Å². The number of anilines is 2. The quantitative estimate of drug-likeness (QED) is 0.704. The Kier molecular flexibility index (Phi) is 2.79. The molecule has 0 radical (unpaired) electrons. The molecule has 0 amide bonds. The summed E-state index contributed by atoms with van der Waals surface area (Å²) in [4.78, 5) is 0.137. The summed E-state index contributed by atoms with van der Waals surface area (Å²) in [6, 6.07) is 4.93. The van der Waals surface area contributed by atoms with Crippen molar-refractivity contribution in [3.63, 3.8) is 0 Å². The predicted molar refractivity (Wildman–Crippen MR) is 68.4 cm³/mol. The molecule has 0 bridgehead atoms. The van der Waals surface area contributed by atoms with Crippen LogP contribution in [0.25, 0.3) is 0 Å². The molecule has 1 aliphatic rings. The average molecular weight is 255 g/mol. The van der Waals surface area contributed by atoms with Crippen molar-refractivity contribution in [2.24, 2.45) is 0 Å². The van der Waals surface area contributed by atoms with Crippen LogP contribution < -0.4 is 15.8 Å². The molecular weight excluding hydrogens is 238 g/mol. The minimum atomic E-state index is -3.53. The second-order valence-electron chi connectivity index (χ2n) is 4.63. The molecule has 17 heavy (non-hydrogen) atoms. The van der Waals surface area contributed by atoms with E-state index in [9.17, 15) is 8.42 Å². The Morgan fingerprint density at radius 3 is 2.53 bits per heavy atom. The molecule has 1 fully saturated rings. The molecule has 2 rings (SSSR count). The monoisotopic (exact) mass is 255 g/mol. The fourth-order valence-corrected chi connectivity index (χ4v) is 3.29. The summed E-state index contributed by atoms with van der Waals surface area (Å²) in [6.07, 6.45) is 1.75. The SMILES string of the molecule is CNc1cccc(S(=O)(=O)NC2(C)CC2)c1N. The Bertz CT molecular complexity index is 536. The van der Waals surface area contributed by atoms with Crippen LogP contribution in [0.15, 0.2) is 23.1 Å². The van der Waals surface area contributed by atoms with Gasteiger partial charge in [0.25, 0.3) is 0 Å². The normalized spacial score (nSPS) is 17.8. The molecular formula is C11H17N3O2S. The molecule has 1 aromatic carbocycles. The van der Waals surface area contributed by atoms with Crippen molar-refractivity contribution in [1.29, 1.82) is 0 Å². The average Bonchev–Trinajstić information content (AvgIpc) is 2.95. The van der Waals surface area contributed by atoms with Crippen molar-refractivity contribution in [3.05, 3.63) is 18.2 Å². The summed E-state index contributed by atoms with van der Waals surface area (Å²) in [5.74, 6) is 0. The fourth-order valence-electron chi connectivity index (χ4n) is 1.67. The Labute approximate surface area is 101 Å². The summed E-state index contributed by atoms with van der Waals surface area (Å²) >= 11 is 0. The molecule has 0 spiro atoms. The number of nitrogen functional groups attached to an aromatic ring is 1. The molecule has 0 aliphatic heterocycles. The standard InChI is InChI=1S/C11H17N3O2S/c1-11(6-7-11)14-17(15,16)9-5-3-4-8(13-2)10(9)12/h3-5,13-14H,6-7,12H2,1-2H3. The second kappa shape index (κ2) is 3.89. The zero-order valence-corrected chi connectivity index (χ0v) is 10.8. The van der Waals surface area contributed by atoms with Crippen molar-refractivity contribution >= 4 is 21.4 Å². The smallest absolute Gasteiger partial charge is 0.243 e. The highest BCUT2D eigenvalue weighted by molar-refractivity contribution is 7.89. The van der Waals surface area contributed by atoms with Crippen molar-refractivity contribution in [2.45, 2.75) is 30.2 Å². The molecule has 0 saturated heterocycles. The Hall–Kier alpha value is -1.27. The minimum absolute atomic E-state index is 0.137. The van der Waals surface area contributed by atoms with Gasteiger partial charge >= 0.3 is 0 Å². The number of hydrogen-bond donors (Lipinski definition) is 3. The van der Waals surface area contributed by atoms with Crippen LogP contribution in [-0.4, -0.2) is 21.0 Å². The van der Waals surface area contributed by atoms with Gasteiger partial charge in [-0.05, 0) is 31.9 Å². The van der Waals surface area contributed by atoms with Crippen molar-refractivity contribution in [2.75, 3.05) is 18.1 Å². The summed E-state index contributed by atoms with van der Waals surface area (Å²) in [5, 5.41) is 2.87. The van der Waals surface area contributed by atoms with Crippen molar-refractivity contribution < 1.29 is 8.42 Å². The molecule has 0 atom stereocenters. The molecule has 1 saturated carbocycles. The summed E-state index contributed by atoms with van der Waals surface area (Å²) in [6.45, 7) is 1.89. The van der Waals surface area contributed by atoms with E-state index in [4.69, 9.17) is 5.73 Å². The van der Waals surface area contributed by atoms with E-state index in [-0.39, 0.29) is 16.1 Å². The van der Waals surface area contributed by atoms with Gasteiger partial charge in [-0.3, -0.25) is 0 Å². The molecule has 1 aromatic rings. The van der Waals surface area contributed by atoms with E-state index in [0.717, 1.165) is 12.8 Å². The van der Waals surface area contributed by atoms with Gasteiger partial charge in [0, 0.05) is 12.6 Å². The molecule has 6 heteroatoms. The van der Waals surface area contributed by atoms with Crippen LogP contribution in [-0.2, 0) is 10.0 Å². The maximum absolute atomic E-state index is 12.2. The molecule has 94 valence electrons. The first-order valence-corrected chi connectivity index (χ1v) is 6.96. The lowest BCUT2D eigenvalue weighted by atomic mass is 10.3. The largest absolute Gasteiger partial charge is 0.396 e. The van der Waals surface area contributed by atoms with E-state index in [1.54, 1.807) is 19.2 Å². The van der Waals surface area contributed by atoms with Crippen LogP contribution in [0.3, 0.4) is 0 Å². The lowest BCUT2D eigenvalue weighted by Crippen LogP contribution is -2.34. The first-order chi connectivity index (χ1) is 7.88. The molecule has 4 N–H and O–H groups in total. The van der Waals surface area contributed by atoms with Gasteiger partial charge in [-0.1, -0.05) is 6.07 Å². The number of sulfonamides is 1. The molecule has 0 unspecified atom stereocenters. The number of hydrogen-bond acceptors (Lipinski definition) is 4. The maximum atomic E-state index is 12.2. The predicted octanol–water partition coefficient (Wildman–Crippen LogP) is 1.14. The lowest BCUT2D eigenvalue weighted by molar-refractivity contribution is 0.558. The number of nitrogens with two attached hydrogens (primary N) is 1. The highest BCUT2D eigenvalue weighted by atomic mass is 32.2.